The lowest BCUT2D eigenvalue weighted by molar-refractivity contribution is 0.104. The molecule has 29 heavy (non-hydrogen) atoms. The Hall–Kier alpha value is -3.80. The van der Waals surface area contributed by atoms with Crippen LogP contribution in [0.1, 0.15) is 21.6 Å². The monoisotopic (exact) mass is 387 g/mol. The molecule has 0 unspecified atom stereocenters. The molecule has 0 aliphatic rings. The number of imidazole rings is 1. The summed E-state index contributed by atoms with van der Waals surface area (Å²) in [4.78, 5) is 13.1. The fourth-order valence-electron chi connectivity index (χ4n) is 3.59. The first kappa shape index (κ1) is 18.6. The summed E-state index contributed by atoms with van der Waals surface area (Å²) in [5.74, 6) is 0.259. The molecule has 0 saturated carbocycles. The van der Waals surface area contributed by atoms with Crippen molar-refractivity contribution < 1.29 is 14.6 Å². The van der Waals surface area contributed by atoms with Crippen LogP contribution in [0.2, 0.25) is 0 Å². The number of phenolic OH excluding ortho intramolecular Hbond substituents is 1. The van der Waals surface area contributed by atoms with Gasteiger partial charge in [-0.15, -0.1) is 6.58 Å². The molecule has 0 aliphatic carbocycles. The average molecular weight is 387 g/mol. The number of rotatable bonds is 6. The number of ketones is 1. The third kappa shape index (κ3) is 3.08. The van der Waals surface area contributed by atoms with Crippen LogP contribution in [0.25, 0.3) is 22.8 Å². The number of aromatic hydroxyl groups is 1. The highest BCUT2D eigenvalue weighted by molar-refractivity contribution is 6.12. The molecule has 0 atom stereocenters. The SMILES string of the molecule is C=CCn1c2ccccc2n2nc(C)c(C(=O)/C=C/c3ccc(OC)c(O)c3)c12. The number of methoxy groups -OCH3 is 1. The van der Waals surface area contributed by atoms with Gasteiger partial charge in [-0.3, -0.25) is 4.79 Å². The van der Waals surface area contributed by atoms with Crippen molar-refractivity contribution in [1.82, 2.24) is 14.2 Å². The molecule has 1 N–H and O–H groups in total. The van der Waals surface area contributed by atoms with Crippen LogP contribution in [0.5, 0.6) is 11.5 Å². The third-order valence-electron chi connectivity index (χ3n) is 4.88. The standard InChI is InChI=1S/C23H21N3O3/c1-4-13-25-17-7-5-6-8-18(17)26-23(25)22(15(2)24-26)19(27)11-9-16-10-12-21(29-3)20(28)14-16/h4-12,14,28H,1,13H2,2-3H3/b11-9+. The Bertz CT molecular complexity index is 1280. The molecule has 146 valence electrons. The van der Waals surface area contributed by atoms with E-state index in [1.165, 1.54) is 13.2 Å². The fourth-order valence-corrected chi connectivity index (χ4v) is 3.59. The molecule has 0 spiro atoms. The molecule has 0 aliphatic heterocycles. The molecule has 2 heterocycles. The molecule has 0 bridgehead atoms. The van der Waals surface area contributed by atoms with E-state index in [9.17, 15) is 9.90 Å². The van der Waals surface area contributed by atoms with Crippen molar-refractivity contribution in [3.05, 3.63) is 78.0 Å². The lowest BCUT2D eigenvalue weighted by Gasteiger charge is -2.04. The van der Waals surface area contributed by atoms with Crippen molar-refractivity contribution in [3.8, 4) is 11.5 Å². The van der Waals surface area contributed by atoms with Gasteiger partial charge in [0.25, 0.3) is 0 Å². The first-order valence-electron chi connectivity index (χ1n) is 9.22. The van der Waals surface area contributed by atoms with Crippen LogP contribution in [0.4, 0.5) is 0 Å². The predicted molar refractivity (Wildman–Crippen MR) is 114 cm³/mol. The van der Waals surface area contributed by atoms with Crippen LogP contribution in [0.3, 0.4) is 0 Å². The van der Waals surface area contributed by atoms with E-state index in [2.05, 4.69) is 11.7 Å². The summed E-state index contributed by atoms with van der Waals surface area (Å²) in [6.07, 6.45) is 4.98. The third-order valence-corrected chi connectivity index (χ3v) is 4.88. The van der Waals surface area contributed by atoms with Gasteiger partial charge in [0, 0.05) is 6.54 Å². The Morgan fingerprint density at radius 3 is 2.69 bits per heavy atom. The largest absolute Gasteiger partial charge is 0.504 e. The molecule has 4 rings (SSSR count). The smallest absolute Gasteiger partial charge is 0.191 e. The highest BCUT2D eigenvalue weighted by atomic mass is 16.5. The first-order valence-corrected chi connectivity index (χ1v) is 9.22. The minimum absolute atomic E-state index is 0.0253. The van der Waals surface area contributed by atoms with Gasteiger partial charge in [-0.2, -0.15) is 5.10 Å². The number of aryl methyl sites for hydroxylation is 1. The second-order valence-corrected chi connectivity index (χ2v) is 6.71. The van der Waals surface area contributed by atoms with Gasteiger partial charge in [-0.05, 0) is 42.8 Å². The number of carbonyl (C=O) groups excluding carboxylic acids is 1. The zero-order valence-electron chi connectivity index (χ0n) is 16.3. The van der Waals surface area contributed by atoms with E-state index in [0.29, 0.717) is 29.1 Å². The van der Waals surface area contributed by atoms with Crippen LogP contribution in [-0.2, 0) is 6.54 Å². The number of benzene rings is 2. The minimum atomic E-state index is -0.152. The van der Waals surface area contributed by atoms with Crippen molar-refractivity contribution in [3.63, 3.8) is 0 Å². The second kappa shape index (κ2) is 7.31. The van der Waals surface area contributed by atoms with Gasteiger partial charge >= 0.3 is 0 Å². The Labute approximate surface area is 168 Å². The first-order chi connectivity index (χ1) is 14.0. The van der Waals surface area contributed by atoms with E-state index in [-0.39, 0.29) is 11.5 Å². The maximum Gasteiger partial charge on any atom is 0.191 e. The maximum absolute atomic E-state index is 13.1. The van der Waals surface area contributed by atoms with Crippen LogP contribution in [0.15, 0.2) is 61.2 Å². The normalized spacial score (nSPS) is 11.5. The molecule has 0 saturated heterocycles. The van der Waals surface area contributed by atoms with Crippen molar-refractivity contribution >= 4 is 28.5 Å². The number of nitrogens with zero attached hydrogens (tertiary/aromatic N) is 3. The average Bonchev–Trinajstić information content (AvgIpc) is 3.20. The minimum Gasteiger partial charge on any atom is -0.504 e. The number of hydrogen-bond donors (Lipinski definition) is 1. The molecular weight excluding hydrogens is 366 g/mol. The van der Waals surface area contributed by atoms with Crippen molar-refractivity contribution in [2.75, 3.05) is 7.11 Å². The predicted octanol–water partition coefficient (Wildman–Crippen LogP) is 4.39. The lowest BCUT2D eigenvalue weighted by atomic mass is 10.1. The Morgan fingerprint density at radius 2 is 2.00 bits per heavy atom. The van der Waals surface area contributed by atoms with E-state index in [1.54, 1.807) is 30.4 Å². The number of ether oxygens (including phenoxy) is 1. The highest BCUT2D eigenvalue weighted by Gasteiger charge is 2.21. The van der Waals surface area contributed by atoms with E-state index >= 15 is 0 Å². The van der Waals surface area contributed by atoms with E-state index < -0.39 is 0 Å². The van der Waals surface area contributed by atoms with E-state index in [1.807, 2.05) is 40.3 Å². The molecule has 0 fully saturated rings. The Morgan fingerprint density at radius 1 is 1.24 bits per heavy atom. The van der Waals surface area contributed by atoms with Gasteiger partial charge in [0.05, 0.1) is 29.4 Å². The summed E-state index contributed by atoms with van der Waals surface area (Å²) in [6, 6.07) is 12.9. The summed E-state index contributed by atoms with van der Waals surface area (Å²) < 4.78 is 8.91. The molecule has 4 aromatic rings. The second-order valence-electron chi connectivity index (χ2n) is 6.71. The molecule has 2 aromatic heterocycles. The fraction of sp³-hybridized carbons (Fsp3) is 0.130. The van der Waals surface area contributed by atoms with Crippen LogP contribution >= 0.6 is 0 Å². The van der Waals surface area contributed by atoms with Crippen molar-refractivity contribution in [1.29, 1.82) is 0 Å². The maximum atomic E-state index is 13.1. The number of para-hydroxylation sites is 2. The van der Waals surface area contributed by atoms with Gasteiger partial charge in [0.2, 0.25) is 0 Å². The summed E-state index contributed by atoms with van der Waals surface area (Å²) in [7, 11) is 1.49. The molecule has 6 nitrogen and oxygen atoms in total. The zero-order valence-corrected chi connectivity index (χ0v) is 16.3. The van der Waals surface area contributed by atoms with Crippen LogP contribution < -0.4 is 4.74 Å². The van der Waals surface area contributed by atoms with Crippen molar-refractivity contribution in [2.45, 2.75) is 13.5 Å². The Kier molecular flexibility index (Phi) is 4.68. The van der Waals surface area contributed by atoms with Gasteiger partial charge in [-0.25, -0.2) is 4.52 Å². The quantitative estimate of drug-likeness (QED) is 0.303. The van der Waals surface area contributed by atoms with Crippen molar-refractivity contribution in [2.24, 2.45) is 0 Å². The summed E-state index contributed by atoms with van der Waals surface area (Å²) in [6.45, 7) is 6.25. The van der Waals surface area contributed by atoms with Gasteiger partial charge in [0.15, 0.2) is 17.3 Å². The van der Waals surface area contributed by atoms with E-state index in [4.69, 9.17) is 4.74 Å². The summed E-state index contributed by atoms with van der Waals surface area (Å²) in [5.41, 5.74) is 4.59. The van der Waals surface area contributed by atoms with Crippen LogP contribution in [0, 0.1) is 6.92 Å². The summed E-state index contributed by atoms with van der Waals surface area (Å²) in [5, 5.41) is 14.5. The molecule has 0 radical (unpaired) electrons. The molecule has 6 heteroatoms. The highest BCUT2D eigenvalue weighted by Crippen LogP contribution is 2.28. The summed E-state index contributed by atoms with van der Waals surface area (Å²) >= 11 is 0. The van der Waals surface area contributed by atoms with Gasteiger partial charge in [-0.1, -0.05) is 30.4 Å². The number of hydrogen-bond acceptors (Lipinski definition) is 4. The van der Waals surface area contributed by atoms with Gasteiger partial charge < -0.3 is 14.4 Å². The number of allylic oxidation sites excluding steroid dienone is 2. The molecule has 0 amide bonds. The molecule has 2 aromatic carbocycles. The zero-order chi connectivity index (χ0) is 20.5. The number of aromatic nitrogens is 3. The number of fused-ring (bicyclic) bond motifs is 3. The number of phenols is 1. The van der Waals surface area contributed by atoms with Gasteiger partial charge in [0.1, 0.15) is 5.65 Å². The lowest BCUT2D eigenvalue weighted by Crippen LogP contribution is -2.02. The topological polar surface area (TPSA) is 68.8 Å². The van der Waals surface area contributed by atoms with E-state index in [0.717, 1.165) is 16.7 Å². The number of carbonyl (C=O) groups is 1. The molecular formula is C23H21N3O3. The van der Waals surface area contributed by atoms with Crippen LogP contribution in [-0.4, -0.2) is 32.2 Å². The Balaban J connectivity index is 1.81.